The zero-order chi connectivity index (χ0) is 30.7. The van der Waals surface area contributed by atoms with Gasteiger partial charge in [-0.3, -0.25) is 0 Å². The molecule has 5 rings (SSSR count). The van der Waals surface area contributed by atoms with E-state index in [1.807, 2.05) is 6.07 Å². The molecule has 0 aliphatic heterocycles. The van der Waals surface area contributed by atoms with Gasteiger partial charge in [-0.25, -0.2) is 4.79 Å². The van der Waals surface area contributed by atoms with E-state index in [0.29, 0.717) is 38.9 Å². The number of carboxylic acids is 1. The second kappa shape index (κ2) is 12.4. The Morgan fingerprint density at radius 3 is 2.58 bits per heavy atom. The summed E-state index contributed by atoms with van der Waals surface area (Å²) in [6, 6.07) is 15.6. The average molecular weight is 615 g/mol. The largest absolute Gasteiger partial charge is 0.573 e. The Bertz CT molecular complexity index is 1680. The second-order valence-electron chi connectivity index (χ2n) is 10.1. The van der Waals surface area contributed by atoms with E-state index in [-0.39, 0.29) is 41.7 Å². The Morgan fingerprint density at radius 1 is 1.12 bits per heavy atom. The first-order valence-corrected chi connectivity index (χ1v) is 13.6. The predicted octanol–water partition coefficient (Wildman–Crippen LogP) is 8.30. The third kappa shape index (κ3) is 7.47. The van der Waals surface area contributed by atoms with Crippen LogP contribution in [0, 0.1) is 6.92 Å². The van der Waals surface area contributed by atoms with Crippen molar-refractivity contribution in [2.75, 3.05) is 0 Å². The number of aryl methyl sites for hydroxylation is 1. The molecular weight excluding hydrogens is 589 g/mol. The van der Waals surface area contributed by atoms with Gasteiger partial charge in [0.05, 0.1) is 21.9 Å². The van der Waals surface area contributed by atoms with Gasteiger partial charge in [0.25, 0.3) is 0 Å². The molecule has 0 atom stereocenters. The average Bonchev–Trinajstić information content (AvgIpc) is 3.70. The highest BCUT2D eigenvalue weighted by Gasteiger charge is 2.35. The number of alkyl halides is 3. The lowest BCUT2D eigenvalue weighted by atomic mass is 10.0. The van der Waals surface area contributed by atoms with Crippen molar-refractivity contribution in [2.45, 2.75) is 52.2 Å². The molecule has 4 aromatic rings. The first-order chi connectivity index (χ1) is 20.5. The topological polar surface area (TPSA) is 103 Å². The van der Waals surface area contributed by atoms with Crippen molar-refractivity contribution in [1.29, 1.82) is 0 Å². The Kier molecular flexibility index (Phi) is 8.63. The summed E-state index contributed by atoms with van der Waals surface area (Å²) >= 11 is 6.52. The molecule has 1 aliphatic carbocycles. The number of aromatic nitrogens is 1. The van der Waals surface area contributed by atoms with Crippen molar-refractivity contribution in [3.05, 3.63) is 99.3 Å². The maximum absolute atomic E-state index is 13.0. The van der Waals surface area contributed by atoms with Gasteiger partial charge in [-0.05, 0) is 80.3 Å². The van der Waals surface area contributed by atoms with Crippen molar-refractivity contribution < 1.29 is 41.9 Å². The van der Waals surface area contributed by atoms with E-state index in [1.165, 1.54) is 24.3 Å². The third-order valence-electron chi connectivity index (χ3n) is 6.66. The minimum Gasteiger partial charge on any atom is -0.489 e. The number of hydrogen-bond donors (Lipinski definition) is 1. The molecule has 1 heterocycles. The molecule has 1 saturated carbocycles. The molecule has 0 unspecified atom stereocenters. The summed E-state index contributed by atoms with van der Waals surface area (Å²) in [5, 5.41) is 17.8. The molecule has 0 saturated heterocycles. The molecular formula is C31H26ClF3N2O6. The SMILES string of the molecule is C/C(=N\OCc1cc(C)cc(C(=O)O)c1)c1ccc(OCc2c(-c3ccccc3OC(F)(F)F)noc2C2CC2)cc1Cl. The van der Waals surface area contributed by atoms with Gasteiger partial charge in [-0.2, -0.15) is 0 Å². The van der Waals surface area contributed by atoms with Crippen LogP contribution in [-0.2, 0) is 18.1 Å². The summed E-state index contributed by atoms with van der Waals surface area (Å²) in [5.74, 6) is -0.305. The van der Waals surface area contributed by atoms with Crippen LogP contribution in [0.4, 0.5) is 13.2 Å². The Hall–Kier alpha value is -4.51. The van der Waals surface area contributed by atoms with E-state index < -0.39 is 12.3 Å². The van der Waals surface area contributed by atoms with Crippen LogP contribution in [0.1, 0.15) is 64.1 Å². The lowest BCUT2D eigenvalue weighted by Crippen LogP contribution is -2.17. The fraction of sp³-hybridized carbons (Fsp3) is 0.258. The first-order valence-electron chi connectivity index (χ1n) is 13.2. The lowest BCUT2D eigenvalue weighted by molar-refractivity contribution is -0.274. The maximum atomic E-state index is 13.0. The van der Waals surface area contributed by atoms with Crippen LogP contribution >= 0.6 is 11.6 Å². The minimum absolute atomic E-state index is 0.0221. The number of rotatable bonds is 11. The highest BCUT2D eigenvalue weighted by molar-refractivity contribution is 6.34. The van der Waals surface area contributed by atoms with Crippen LogP contribution in [0.25, 0.3) is 11.3 Å². The van der Waals surface area contributed by atoms with Crippen molar-refractivity contribution in [1.82, 2.24) is 5.16 Å². The molecule has 0 radical (unpaired) electrons. The minimum atomic E-state index is -4.87. The Labute approximate surface area is 249 Å². The molecule has 1 aliphatic rings. The molecule has 0 bridgehead atoms. The van der Waals surface area contributed by atoms with Crippen LogP contribution in [-0.4, -0.2) is 28.3 Å². The molecule has 43 heavy (non-hydrogen) atoms. The fourth-order valence-corrected chi connectivity index (χ4v) is 4.88. The number of hydrogen-bond acceptors (Lipinski definition) is 7. The summed E-state index contributed by atoms with van der Waals surface area (Å²) in [4.78, 5) is 16.7. The summed E-state index contributed by atoms with van der Waals surface area (Å²) in [6.45, 7) is 3.56. The number of aromatic carboxylic acids is 1. The summed E-state index contributed by atoms with van der Waals surface area (Å²) in [5.41, 5.74) is 3.59. The molecule has 224 valence electrons. The highest BCUT2D eigenvalue weighted by Crippen LogP contribution is 2.45. The number of carbonyl (C=O) groups is 1. The number of halogens is 4. The van der Waals surface area contributed by atoms with Gasteiger partial charge in [0, 0.05) is 17.0 Å². The monoisotopic (exact) mass is 614 g/mol. The van der Waals surface area contributed by atoms with Gasteiger partial charge >= 0.3 is 12.3 Å². The molecule has 3 aromatic carbocycles. The summed E-state index contributed by atoms with van der Waals surface area (Å²) < 4.78 is 54.9. The van der Waals surface area contributed by atoms with Gasteiger partial charge in [-0.15, -0.1) is 13.2 Å². The molecule has 0 amide bonds. The standard InChI is InChI=1S/C31H26ClF3N2O6/c1-17-11-19(13-21(12-17)30(38)39)15-41-36-18(2)23-10-9-22(14-26(23)32)40-16-25-28(37-43-29(25)20-7-8-20)24-5-3-4-6-27(24)42-31(33,34)35/h3-6,9-14,20H,7-8,15-16H2,1-2H3,(H,38,39)/b36-18+. The molecule has 1 aromatic heterocycles. The van der Waals surface area contributed by atoms with Gasteiger partial charge in [0.15, 0.2) is 0 Å². The third-order valence-corrected chi connectivity index (χ3v) is 6.98. The van der Waals surface area contributed by atoms with Crippen molar-refractivity contribution in [3.63, 3.8) is 0 Å². The normalized spacial score (nSPS) is 13.6. The van der Waals surface area contributed by atoms with Crippen molar-refractivity contribution >= 4 is 23.3 Å². The van der Waals surface area contributed by atoms with E-state index >= 15 is 0 Å². The Morgan fingerprint density at radius 2 is 1.88 bits per heavy atom. The number of benzene rings is 3. The van der Waals surface area contributed by atoms with Crippen molar-refractivity contribution in [3.8, 4) is 22.8 Å². The van der Waals surface area contributed by atoms with Crippen LogP contribution in [0.5, 0.6) is 11.5 Å². The predicted molar refractivity (Wildman–Crippen MR) is 152 cm³/mol. The smallest absolute Gasteiger partial charge is 0.489 e. The molecule has 12 heteroatoms. The number of ether oxygens (including phenoxy) is 2. The number of carboxylic acid groups (broad SMARTS) is 1. The lowest BCUT2D eigenvalue weighted by Gasteiger charge is -2.13. The van der Waals surface area contributed by atoms with Crippen molar-refractivity contribution in [2.24, 2.45) is 5.16 Å². The number of para-hydroxylation sites is 1. The zero-order valence-corrected chi connectivity index (χ0v) is 23.8. The van der Waals surface area contributed by atoms with E-state index in [0.717, 1.165) is 18.4 Å². The van der Waals surface area contributed by atoms with Gasteiger partial charge < -0.3 is 23.9 Å². The number of nitrogens with zero attached hydrogens (tertiary/aromatic N) is 2. The quantitative estimate of drug-likeness (QED) is 0.134. The highest BCUT2D eigenvalue weighted by atomic mass is 35.5. The van der Waals surface area contributed by atoms with Crippen LogP contribution in [0.3, 0.4) is 0 Å². The number of oxime groups is 1. The zero-order valence-electron chi connectivity index (χ0n) is 23.1. The molecule has 1 fully saturated rings. The van der Waals surface area contributed by atoms with Gasteiger partial charge in [0.1, 0.15) is 36.2 Å². The maximum Gasteiger partial charge on any atom is 0.573 e. The van der Waals surface area contributed by atoms with E-state index in [1.54, 1.807) is 44.2 Å². The molecule has 0 spiro atoms. The van der Waals surface area contributed by atoms with E-state index in [9.17, 15) is 23.1 Å². The first kappa shape index (κ1) is 30.0. The van der Waals surface area contributed by atoms with E-state index in [4.69, 9.17) is 25.7 Å². The molecule has 1 N–H and O–H groups in total. The summed E-state index contributed by atoms with van der Waals surface area (Å²) in [6.07, 6.45) is -3.10. The summed E-state index contributed by atoms with van der Waals surface area (Å²) in [7, 11) is 0. The van der Waals surface area contributed by atoms with Gasteiger partial charge in [0.2, 0.25) is 0 Å². The Balaban J connectivity index is 1.30. The molecule has 8 nitrogen and oxygen atoms in total. The van der Waals surface area contributed by atoms with Crippen LogP contribution in [0.2, 0.25) is 5.02 Å². The van der Waals surface area contributed by atoms with Gasteiger partial charge in [-0.1, -0.05) is 40.1 Å². The second-order valence-corrected chi connectivity index (χ2v) is 10.5. The van der Waals surface area contributed by atoms with Crippen LogP contribution in [0.15, 0.2) is 70.3 Å². The van der Waals surface area contributed by atoms with E-state index in [2.05, 4.69) is 15.0 Å². The van der Waals surface area contributed by atoms with Crippen LogP contribution < -0.4 is 9.47 Å². The fourth-order valence-electron chi connectivity index (χ4n) is 4.57.